The van der Waals surface area contributed by atoms with Crippen LogP contribution < -0.4 is 0 Å². The van der Waals surface area contributed by atoms with Gasteiger partial charge >= 0.3 is 5.97 Å². The van der Waals surface area contributed by atoms with Crippen molar-refractivity contribution >= 4 is 34.5 Å². The third-order valence-corrected chi connectivity index (χ3v) is 8.26. The summed E-state index contributed by atoms with van der Waals surface area (Å²) in [5.41, 5.74) is 0.941. The first kappa shape index (κ1) is 23.1. The van der Waals surface area contributed by atoms with E-state index in [0.717, 1.165) is 5.56 Å². The Morgan fingerprint density at radius 1 is 1.10 bits per heavy atom. The number of hydrogen-bond acceptors (Lipinski definition) is 5. The van der Waals surface area contributed by atoms with Gasteiger partial charge in [0.2, 0.25) is 15.9 Å². The molecule has 166 valence electrons. The molecule has 9 heteroatoms. The number of sulfonamides is 1. The lowest BCUT2D eigenvalue weighted by Crippen LogP contribution is -2.50. The molecule has 3 rings (SSSR count). The Morgan fingerprint density at radius 3 is 2.17 bits per heavy atom. The van der Waals surface area contributed by atoms with Crippen LogP contribution in [0.15, 0.2) is 29.2 Å². The van der Waals surface area contributed by atoms with Gasteiger partial charge < -0.3 is 10.0 Å². The number of hydrogen-bond donors (Lipinski definition) is 2. The molecule has 1 N–H and O–H groups in total. The lowest BCUT2D eigenvalue weighted by atomic mass is 9.87. The number of piperidine rings is 1. The van der Waals surface area contributed by atoms with Gasteiger partial charge in [-0.2, -0.15) is 16.9 Å². The van der Waals surface area contributed by atoms with Gasteiger partial charge in [0.25, 0.3) is 0 Å². The van der Waals surface area contributed by atoms with Crippen LogP contribution in [0, 0.1) is 5.92 Å². The number of thiol groups is 1. The molecule has 2 aliphatic rings. The second-order valence-electron chi connectivity index (χ2n) is 9.19. The van der Waals surface area contributed by atoms with E-state index in [-0.39, 0.29) is 28.0 Å². The van der Waals surface area contributed by atoms with E-state index in [1.807, 2.05) is 12.1 Å². The number of carboxylic acid groups (broad SMARTS) is 1. The van der Waals surface area contributed by atoms with Gasteiger partial charge in [-0.15, -0.1) is 0 Å². The van der Waals surface area contributed by atoms with Crippen molar-refractivity contribution in [1.29, 1.82) is 0 Å². The largest absolute Gasteiger partial charge is 0.481 e. The van der Waals surface area contributed by atoms with Crippen LogP contribution in [-0.4, -0.2) is 65.5 Å². The van der Waals surface area contributed by atoms with E-state index >= 15 is 0 Å². The molecule has 2 aliphatic heterocycles. The maximum absolute atomic E-state index is 13.3. The molecular weight excluding hydrogens is 424 g/mol. The van der Waals surface area contributed by atoms with E-state index in [9.17, 15) is 18.0 Å². The minimum Gasteiger partial charge on any atom is -0.481 e. The number of nitrogens with zero attached hydrogens (tertiary/aromatic N) is 2. The summed E-state index contributed by atoms with van der Waals surface area (Å²) >= 11 is 4.45. The molecule has 2 saturated heterocycles. The maximum Gasteiger partial charge on any atom is 0.306 e. The zero-order chi connectivity index (χ0) is 22.3. The van der Waals surface area contributed by atoms with Gasteiger partial charge in [-0.05, 0) is 42.4 Å². The second-order valence-corrected chi connectivity index (χ2v) is 11.8. The highest BCUT2D eigenvalue weighted by atomic mass is 32.2. The van der Waals surface area contributed by atoms with Crippen LogP contribution in [0.25, 0.3) is 0 Å². The third-order valence-electron chi connectivity index (χ3n) is 6.00. The molecule has 0 spiro atoms. The van der Waals surface area contributed by atoms with Crippen molar-refractivity contribution in [3.05, 3.63) is 29.8 Å². The average Bonchev–Trinajstić information content (AvgIpc) is 3.09. The molecule has 0 aliphatic carbocycles. The number of aliphatic carboxylic acids is 1. The summed E-state index contributed by atoms with van der Waals surface area (Å²) in [4.78, 5) is 26.1. The van der Waals surface area contributed by atoms with Gasteiger partial charge in [0, 0.05) is 24.9 Å². The topological polar surface area (TPSA) is 95.0 Å². The highest BCUT2D eigenvalue weighted by Gasteiger charge is 2.45. The van der Waals surface area contributed by atoms with Gasteiger partial charge in [0.1, 0.15) is 6.04 Å². The molecule has 0 bridgehead atoms. The zero-order valence-corrected chi connectivity index (χ0v) is 19.3. The summed E-state index contributed by atoms with van der Waals surface area (Å²) in [5, 5.41) is 8.93. The van der Waals surface area contributed by atoms with Crippen molar-refractivity contribution in [2.24, 2.45) is 5.92 Å². The Bertz CT molecular complexity index is 900. The molecule has 0 aromatic heterocycles. The summed E-state index contributed by atoms with van der Waals surface area (Å²) in [6, 6.07) is 6.02. The number of likely N-dealkylation sites (tertiary alicyclic amines) is 1. The fourth-order valence-corrected chi connectivity index (χ4v) is 6.22. The Hall–Kier alpha value is -1.58. The molecule has 7 nitrogen and oxygen atoms in total. The van der Waals surface area contributed by atoms with E-state index in [4.69, 9.17) is 5.11 Å². The normalized spacial score (nSPS) is 24.2. The van der Waals surface area contributed by atoms with Gasteiger partial charge in [0.05, 0.1) is 10.8 Å². The average molecular weight is 455 g/mol. The second kappa shape index (κ2) is 8.51. The number of amides is 1. The summed E-state index contributed by atoms with van der Waals surface area (Å²) in [7, 11) is -3.85. The fourth-order valence-electron chi connectivity index (χ4n) is 4.09. The molecule has 1 aromatic carbocycles. The monoisotopic (exact) mass is 454 g/mol. The Morgan fingerprint density at radius 2 is 1.67 bits per heavy atom. The van der Waals surface area contributed by atoms with Crippen LogP contribution in [-0.2, 0) is 25.0 Å². The lowest BCUT2D eigenvalue weighted by Gasteiger charge is -2.34. The van der Waals surface area contributed by atoms with Gasteiger partial charge in [0.15, 0.2) is 0 Å². The first-order valence-corrected chi connectivity index (χ1v) is 12.2. The molecule has 2 unspecified atom stereocenters. The van der Waals surface area contributed by atoms with Crippen molar-refractivity contribution < 1.29 is 23.1 Å². The fraction of sp³-hybridized carbons (Fsp3) is 0.619. The smallest absolute Gasteiger partial charge is 0.306 e. The van der Waals surface area contributed by atoms with Gasteiger partial charge in [-0.3, -0.25) is 9.59 Å². The molecule has 30 heavy (non-hydrogen) atoms. The van der Waals surface area contributed by atoms with Crippen molar-refractivity contribution in [3.63, 3.8) is 0 Å². The van der Waals surface area contributed by atoms with Crippen LogP contribution in [0.1, 0.15) is 45.6 Å². The standard InChI is InChI=1S/C21H30N2O5S2/c1-21(2,3)15-4-6-17(7-5-15)30(27,28)23-13-16(29)12-18(23)19(24)22-10-8-14(9-11-22)20(25)26/h4-7,14,16,18,29H,8-13H2,1-3H3,(H,25,26). The van der Waals surface area contributed by atoms with Crippen molar-refractivity contribution in [2.45, 2.75) is 61.6 Å². The molecule has 2 fully saturated rings. The van der Waals surface area contributed by atoms with E-state index < -0.39 is 28.0 Å². The molecule has 1 aromatic rings. The highest BCUT2D eigenvalue weighted by Crippen LogP contribution is 2.32. The molecule has 2 atom stereocenters. The zero-order valence-electron chi connectivity index (χ0n) is 17.6. The molecule has 2 heterocycles. The highest BCUT2D eigenvalue weighted by molar-refractivity contribution is 7.89. The summed E-state index contributed by atoms with van der Waals surface area (Å²) in [5.74, 6) is -1.55. The van der Waals surface area contributed by atoms with Crippen LogP contribution in [0.4, 0.5) is 0 Å². The Labute approximate surface area is 183 Å². The minimum absolute atomic E-state index is 0.0906. The van der Waals surface area contributed by atoms with E-state index in [2.05, 4.69) is 33.4 Å². The maximum atomic E-state index is 13.3. The number of rotatable bonds is 4. The number of carbonyl (C=O) groups is 2. The summed E-state index contributed by atoms with van der Waals surface area (Å²) < 4.78 is 27.9. The SMILES string of the molecule is CC(C)(C)c1ccc(S(=O)(=O)N2CC(S)CC2C(=O)N2CCC(C(=O)O)CC2)cc1. The molecule has 0 radical (unpaired) electrons. The predicted molar refractivity (Wildman–Crippen MR) is 117 cm³/mol. The predicted octanol–water partition coefficient (Wildman–Crippen LogP) is 2.37. The van der Waals surface area contributed by atoms with Crippen LogP contribution in [0.2, 0.25) is 0 Å². The summed E-state index contributed by atoms with van der Waals surface area (Å²) in [6.07, 6.45) is 1.12. The molecule has 1 amide bonds. The van der Waals surface area contributed by atoms with E-state index in [1.165, 1.54) is 4.31 Å². The first-order chi connectivity index (χ1) is 13.9. The van der Waals surface area contributed by atoms with Crippen molar-refractivity contribution in [3.8, 4) is 0 Å². The van der Waals surface area contributed by atoms with Crippen molar-refractivity contribution in [1.82, 2.24) is 9.21 Å². The van der Waals surface area contributed by atoms with Crippen LogP contribution >= 0.6 is 12.6 Å². The first-order valence-electron chi connectivity index (χ1n) is 10.2. The van der Waals surface area contributed by atoms with Gasteiger partial charge in [-0.25, -0.2) is 8.42 Å². The van der Waals surface area contributed by atoms with E-state index in [1.54, 1.807) is 17.0 Å². The van der Waals surface area contributed by atoms with Crippen LogP contribution in [0.5, 0.6) is 0 Å². The number of benzene rings is 1. The Balaban J connectivity index is 1.80. The number of carbonyl (C=O) groups excluding carboxylic acids is 1. The quantitative estimate of drug-likeness (QED) is 0.681. The third kappa shape index (κ3) is 4.68. The van der Waals surface area contributed by atoms with Crippen LogP contribution in [0.3, 0.4) is 0 Å². The molecular formula is C21H30N2O5S2. The number of carboxylic acids is 1. The van der Waals surface area contributed by atoms with E-state index in [0.29, 0.717) is 32.4 Å². The minimum atomic E-state index is -3.85. The molecule has 0 saturated carbocycles. The Kier molecular flexibility index (Phi) is 6.55. The lowest BCUT2D eigenvalue weighted by molar-refractivity contribution is -0.146. The summed E-state index contributed by atoms with van der Waals surface area (Å²) in [6.45, 7) is 7.02. The van der Waals surface area contributed by atoms with Gasteiger partial charge in [-0.1, -0.05) is 32.9 Å². The van der Waals surface area contributed by atoms with Crippen molar-refractivity contribution in [2.75, 3.05) is 19.6 Å².